The number of rotatable bonds is 3. The smallest absolute Gasteiger partial charge is 0.0610 e. The second-order valence-electron chi connectivity index (χ2n) is 5.19. The molecule has 1 atom stereocenters. The molecule has 0 bridgehead atoms. The summed E-state index contributed by atoms with van der Waals surface area (Å²) in [5.74, 6) is 0. The van der Waals surface area contributed by atoms with Gasteiger partial charge in [0.1, 0.15) is 0 Å². The van der Waals surface area contributed by atoms with Gasteiger partial charge in [-0.05, 0) is 37.1 Å². The summed E-state index contributed by atoms with van der Waals surface area (Å²) < 4.78 is 0. The fourth-order valence-corrected chi connectivity index (χ4v) is 2.64. The van der Waals surface area contributed by atoms with Crippen LogP contribution < -0.4 is 5.73 Å². The lowest BCUT2D eigenvalue weighted by Crippen LogP contribution is -2.47. The van der Waals surface area contributed by atoms with Crippen LogP contribution in [0.25, 0.3) is 0 Å². The van der Waals surface area contributed by atoms with E-state index in [1.807, 2.05) is 32.0 Å². The molecule has 1 aliphatic rings. The molecule has 0 aromatic heterocycles. The number of benzene rings is 1. The second-order valence-corrected chi connectivity index (χ2v) is 5.63. The van der Waals surface area contributed by atoms with E-state index in [4.69, 9.17) is 17.3 Å². The average Bonchev–Trinajstić information content (AvgIpc) is 2.67. The highest BCUT2D eigenvalue weighted by Gasteiger charge is 2.38. The van der Waals surface area contributed by atoms with E-state index in [0.717, 1.165) is 11.6 Å². The summed E-state index contributed by atoms with van der Waals surface area (Å²) in [6.07, 6.45) is 0. The third-order valence-electron chi connectivity index (χ3n) is 3.57. The molecule has 17 heavy (non-hydrogen) atoms. The van der Waals surface area contributed by atoms with Crippen LogP contribution in [0.2, 0.25) is 5.02 Å². The lowest BCUT2D eigenvalue weighted by atomic mass is 10.0. The van der Waals surface area contributed by atoms with Crippen molar-refractivity contribution in [1.29, 1.82) is 0 Å². The average molecular weight is 255 g/mol. The highest BCUT2D eigenvalue weighted by atomic mass is 35.5. The molecule has 1 unspecified atom stereocenters. The Morgan fingerprint density at radius 1 is 1.53 bits per heavy atom. The van der Waals surface area contributed by atoms with Gasteiger partial charge in [0.15, 0.2) is 0 Å². The zero-order valence-electron chi connectivity index (χ0n) is 10.3. The molecule has 0 spiro atoms. The zero-order chi connectivity index (χ0) is 12.6. The number of fused-ring (bicyclic) bond motifs is 1. The minimum atomic E-state index is -0.268. The second kappa shape index (κ2) is 4.58. The summed E-state index contributed by atoms with van der Waals surface area (Å²) >= 11 is 6.03. The number of nitrogens with two attached hydrogens (primary N) is 1. The summed E-state index contributed by atoms with van der Waals surface area (Å²) in [6.45, 7) is 5.54. The van der Waals surface area contributed by atoms with Gasteiger partial charge in [-0.15, -0.1) is 0 Å². The first-order chi connectivity index (χ1) is 7.99. The third kappa shape index (κ3) is 2.20. The molecule has 4 heteroatoms. The molecule has 94 valence electrons. The first-order valence-corrected chi connectivity index (χ1v) is 6.23. The van der Waals surface area contributed by atoms with E-state index in [9.17, 15) is 5.11 Å². The molecule has 0 saturated heterocycles. The summed E-state index contributed by atoms with van der Waals surface area (Å²) in [4.78, 5) is 2.24. The van der Waals surface area contributed by atoms with E-state index in [2.05, 4.69) is 4.90 Å². The molecule has 3 nitrogen and oxygen atoms in total. The standard InChI is InChI=1S/C13H19ClN2O/c1-13(2,8-17)16-7-9-3-4-10(14)5-11(9)12(16)6-15/h3-5,12,17H,6-8,15H2,1-2H3. The fraction of sp³-hybridized carbons (Fsp3) is 0.538. The van der Waals surface area contributed by atoms with E-state index in [1.54, 1.807) is 0 Å². The van der Waals surface area contributed by atoms with E-state index in [1.165, 1.54) is 11.1 Å². The Morgan fingerprint density at radius 3 is 2.82 bits per heavy atom. The largest absolute Gasteiger partial charge is 0.394 e. The van der Waals surface area contributed by atoms with E-state index in [-0.39, 0.29) is 18.2 Å². The van der Waals surface area contributed by atoms with E-state index >= 15 is 0 Å². The molecule has 0 amide bonds. The minimum absolute atomic E-state index is 0.116. The van der Waals surface area contributed by atoms with Crippen LogP contribution in [-0.2, 0) is 6.54 Å². The lowest BCUT2D eigenvalue weighted by Gasteiger charge is -2.38. The first-order valence-electron chi connectivity index (χ1n) is 5.85. The molecule has 0 radical (unpaired) electrons. The maximum absolute atomic E-state index is 9.49. The monoisotopic (exact) mass is 254 g/mol. The number of aliphatic hydroxyl groups is 1. The summed E-state index contributed by atoms with van der Waals surface area (Å²) in [7, 11) is 0. The number of hydrogen-bond acceptors (Lipinski definition) is 3. The van der Waals surface area contributed by atoms with Crippen LogP contribution in [0.4, 0.5) is 0 Å². The van der Waals surface area contributed by atoms with E-state index < -0.39 is 0 Å². The maximum Gasteiger partial charge on any atom is 0.0610 e. The molecular formula is C13H19ClN2O. The number of nitrogens with zero attached hydrogens (tertiary/aromatic N) is 1. The van der Waals surface area contributed by atoms with Crippen molar-refractivity contribution < 1.29 is 5.11 Å². The van der Waals surface area contributed by atoms with Gasteiger partial charge in [0.2, 0.25) is 0 Å². The SMILES string of the molecule is CC(C)(CO)N1Cc2ccc(Cl)cc2C1CN. The molecule has 1 aromatic rings. The molecule has 1 aromatic carbocycles. The molecular weight excluding hydrogens is 236 g/mol. The molecule has 2 rings (SSSR count). The predicted octanol–water partition coefficient (Wildman–Crippen LogP) is 1.93. The molecule has 0 saturated carbocycles. The Morgan fingerprint density at radius 2 is 2.24 bits per heavy atom. The quantitative estimate of drug-likeness (QED) is 0.867. The predicted molar refractivity (Wildman–Crippen MR) is 70.0 cm³/mol. The van der Waals surface area contributed by atoms with Crippen LogP contribution in [0.15, 0.2) is 18.2 Å². The van der Waals surface area contributed by atoms with Crippen LogP contribution in [0.1, 0.15) is 31.0 Å². The van der Waals surface area contributed by atoms with Crippen molar-refractivity contribution in [2.75, 3.05) is 13.2 Å². The highest BCUT2D eigenvalue weighted by Crippen LogP contribution is 2.39. The summed E-state index contributed by atoms with van der Waals surface area (Å²) in [5, 5.41) is 10.2. The first kappa shape index (κ1) is 12.8. The van der Waals surface area contributed by atoms with Gasteiger partial charge < -0.3 is 10.8 Å². The van der Waals surface area contributed by atoms with Crippen molar-refractivity contribution >= 4 is 11.6 Å². The maximum atomic E-state index is 9.49. The molecule has 1 aliphatic heterocycles. The van der Waals surface area contributed by atoms with Crippen LogP contribution in [0.3, 0.4) is 0 Å². The van der Waals surface area contributed by atoms with Crippen molar-refractivity contribution in [2.24, 2.45) is 5.73 Å². The van der Waals surface area contributed by atoms with Crippen LogP contribution in [0.5, 0.6) is 0 Å². The van der Waals surface area contributed by atoms with Crippen molar-refractivity contribution in [3.05, 3.63) is 34.3 Å². The number of halogens is 1. The normalized spacial score (nSPS) is 20.6. The molecule has 3 N–H and O–H groups in total. The highest BCUT2D eigenvalue weighted by molar-refractivity contribution is 6.30. The molecule has 1 heterocycles. The Bertz CT molecular complexity index is 420. The number of hydrogen-bond donors (Lipinski definition) is 2. The third-order valence-corrected chi connectivity index (χ3v) is 3.81. The van der Waals surface area contributed by atoms with Crippen molar-refractivity contribution in [2.45, 2.75) is 32.0 Å². The van der Waals surface area contributed by atoms with Crippen LogP contribution >= 0.6 is 11.6 Å². The van der Waals surface area contributed by atoms with Crippen molar-refractivity contribution in [1.82, 2.24) is 4.90 Å². The van der Waals surface area contributed by atoms with Gasteiger partial charge in [-0.25, -0.2) is 0 Å². The Kier molecular flexibility index (Phi) is 3.46. The molecule has 0 fully saturated rings. The minimum Gasteiger partial charge on any atom is -0.394 e. The summed E-state index contributed by atoms with van der Waals surface area (Å²) in [5.41, 5.74) is 8.06. The summed E-state index contributed by atoms with van der Waals surface area (Å²) in [6, 6.07) is 6.09. The van der Waals surface area contributed by atoms with Gasteiger partial charge in [0.25, 0.3) is 0 Å². The number of aliphatic hydroxyl groups excluding tert-OH is 1. The van der Waals surface area contributed by atoms with Crippen LogP contribution in [-0.4, -0.2) is 28.7 Å². The van der Waals surface area contributed by atoms with Crippen LogP contribution in [0, 0.1) is 0 Å². The van der Waals surface area contributed by atoms with Gasteiger partial charge >= 0.3 is 0 Å². The Labute approximate surface area is 107 Å². The Hall–Kier alpha value is -0.610. The van der Waals surface area contributed by atoms with Crippen molar-refractivity contribution in [3.63, 3.8) is 0 Å². The van der Waals surface area contributed by atoms with E-state index in [0.29, 0.717) is 6.54 Å². The van der Waals surface area contributed by atoms with Gasteiger partial charge in [0.05, 0.1) is 6.61 Å². The van der Waals surface area contributed by atoms with Gasteiger partial charge in [0, 0.05) is 29.7 Å². The van der Waals surface area contributed by atoms with Gasteiger partial charge in [-0.1, -0.05) is 17.7 Å². The van der Waals surface area contributed by atoms with Gasteiger partial charge in [-0.3, -0.25) is 4.90 Å². The van der Waals surface area contributed by atoms with Crippen molar-refractivity contribution in [3.8, 4) is 0 Å². The topological polar surface area (TPSA) is 49.5 Å². The fourth-order valence-electron chi connectivity index (χ4n) is 2.46. The Balaban J connectivity index is 2.38. The molecule has 0 aliphatic carbocycles. The van der Waals surface area contributed by atoms with Gasteiger partial charge in [-0.2, -0.15) is 0 Å². The zero-order valence-corrected chi connectivity index (χ0v) is 11.0. The lowest BCUT2D eigenvalue weighted by molar-refractivity contribution is 0.0293.